The minimum atomic E-state index is -0.328. The highest BCUT2D eigenvalue weighted by molar-refractivity contribution is 6.03. The second kappa shape index (κ2) is 12.8. The number of amides is 3. The minimum Gasteiger partial charge on any atom is -0.371 e. The molecule has 214 valence electrons. The number of fused-ring (bicyclic) bond motifs is 1. The van der Waals surface area contributed by atoms with Crippen LogP contribution in [0.4, 0.5) is 39.3 Å². The van der Waals surface area contributed by atoms with E-state index in [-0.39, 0.29) is 11.9 Å². The van der Waals surface area contributed by atoms with Gasteiger partial charge in [-0.25, -0.2) is 14.7 Å². The summed E-state index contributed by atoms with van der Waals surface area (Å²) in [5, 5.41) is 12.8. The van der Waals surface area contributed by atoms with Crippen LogP contribution in [0, 0.1) is 0 Å². The Morgan fingerprint density at radius 1 is 1.07 bits per heavy atom. The van der Waals surface area contributed by atoms with Gasteiger partial charge < -0.3 is 31.1 Å². The second-order valence-electron chi connectivity index (χ2n) is 10.3. The van der Waals surface area contributed by atoms with Crippen molar-refractivity contribution in [3.8, 4) is 0 Å². The first kappa shape index (κ1) is 28.1. The molecule has 11 heteroatoms. The Morgan fingerprint density at radius 2 is 1.85 bits per heavy atom. The summed E-state index contributed by atoms with van der Waals surface area (Å²) in [6.45, 7) is 7.91. The van der Waals surface area contributed by atoms with Crippen LogP contribution in [0.3, 0.4) is 0 Å². The third kappa shape index (κ3) is 6.64. The molecule has 1 saturated heterocycles. The molecule has 2 aliphatic heterocycles. The van der Waals surface area contributed by atoms with Crippen LogP contribution in [-0.2, 0) is 11.3 Å². The number of benzene rings is 2. The van der Waals surface area contributed by atoms with Gasteiger partial charge in [0.1, 0.15) is 0 Å². The lowest BCUT2D eigenvalue weighted by molar-refractivity contribution is -0.111. The maximum absolute atomic E-state index is 13.3. The number of aromatic nitrogens is 2. The molecule has 0 bridgehead atoms. The highest BCUT2D eigenvalue weighted by Crippen LogP contribution is 2.35. The van der Waals surface area contributed by atoms with Crippen LogP contribution in [0.2, 0.25) is 0 Å². The van der Waals surface area contributed by atoms with Crippen LogP contribution < -0.4 is 31.1 Å². The van der Waals surface area contributed by atoms with Crippen molar-refractivity contribution < 1.29 is 9.59 Å². The molecule has 4 N–H and O–H groups in total. The molecule has 41 heavy (non-hydrogen) atoms. The summed E-state index contributed by atoms with van der Waals surface area (Å²) in [6, 6.07) is 15.7. The lowest BCUT2D eigenvalue weighted by Gasteiger charge is -2.34. The predicted molar refractivity (Wildman–Crippen MR) is 163 cm³/mol. The van der Waals surface area contributed by atoms with Crippen LogP contribution in [-0.4, -0.2) is 73.1 Å². The van der Waals surface area contributed by atoms with E-state index >= 15 is 0 Å². The Kier molecular flexibility index (Phi) is 8.76. The monoisotopic (exact) mass is 555 g/mol. The predicted octanol–water partition coefficient (Wildman–Crippen LogP) is 3.83. The van der Waals surface area contributed by atoms with E-state index in [0.29, 0.717) is 35.7 Å². The van der Waals surface area contributed by atoms with E-state index in [9.17, 15) is 9.59 Å². The Hall–Kier alpha value is -4.48. The van der Waals surface area contributed by atoms with Gasteiger partial charge in [-0.15, -0.1) is 0 Å². The van der Waals surface area contributed by atoms with E-state index in [4.69, 9.17) is 4.98 Å². The molecule has 0 radical (unpaired) electrons. The van der Waals surface area contributed by atoms with Gasteiger partial charge >= 0.3 is 6.03 Å². The van der Waals surface area contributed by atoms with Crippen molar-refractivity contribution in [3.63, 3.8) is 0 Å². The first-order chi connectivity index (χ1) is 19.9. The van der Waals surface area contributed by atoms with E-state index in [2.05, 4.69) is 49.9 Å². The Bertz CT molecular complexity index is 1390. The number of nitrogens with one attached hydrogen (secondary N) is 4. The Labute approximate surface area is 240 Å². The van der Waals surface area contributed by atoms with E-state index in [0.717, 1.165) is 50.3 Å². The molecule has 1 fully saturated rings. The standard InChI is InChI=1S/C30H37N9O2/c1-4-27(40)34-24-6-5-7-26(18-24)39-28-21(20-37(3)30(39)41)19-33-29(36-28)35-23-8-10-25(11-9-23)38-16-12-22(13-17-38)32-15-14-31-2/h4-11,18-19,22,31-32H,1,12-17,20H2,2-3H3,(H,34,40)(H,33,35,36). The van der Waals surface area contributed by atoms with Gasteiger partial charge in [0.05, 0.1) is 12.2 Å². The van der Waals surface area contributed by atoms with E-state index in [1.165, 1.54) is 16.7 Å². The van der Waals surface area contributed by atoms with Crippen molar-refractivity contribution >= 4 is 46.5 Å². The van der Waals surface area contributed by atoms with Crippen molar-refractivity contribution in [1.29, 1.82) is 0 Å². The Balaban J connectivity index is 1.29. The number of anilines is 6. The topological polar surface area (TPSA) is 118 Å². The van der Waals surface area contributed by atoms with Gasteiger partial charge in [-0.3, -0.25) is 4.79 Å². The summed E-state index contributed by atoms with van der Waals surface area (Å²) in [4.78, 5) is 39.9. The molecule has 3 heterocycles. The average molecular weight is 556 g/mol. The third-order valence-corrected chi connectivity index (χ3v) is 7.33. The minimum absolute atomic E-state index is 0.222. The summed E-state index contributed by atoms with van der Waals surface area (Å²) in [7, 11) is 3.71. The molecule has 1 aromatic heterocycles. The lowest BCUT2D eigenvalue weighted by atomic mass is 10.0. The summed E-state index contributed by atoms with van der Waals surface area (Å²) in [5.74, 6) is 0.565. The molecule has 0 atom stereocenters. The van der Waals surface area contributed by atoms with Gasteiger partial charge in [-0.1, -0.05) is 12.6 Å². The number of rotatable bonds is 10. The maximum atomic E-state index is 13.3. The van der Waals surface area contributed by atoms with Gasteiger partial charge in [0.15, 0.2) is 5.82 Å². The summed E-state index contributed by atoms with van der Waals surface area (Å²) in [6.07, 6.45) is 5.20. The van der Waals surface area contributed by atoms with E-state index < -0.39 is 0 Å². The Morgan fingerprint density at radius 3 is 2.59 bits per heavy atom. The summed E-state index contributed by atoms with van der Waals surface area (Å²) < 4.78 is 0. The van der Waals surface area contributed by atoms with Gasteiger partial charge in [-0.05, 0) is 68.4 Å². The number of urea groups is 1. The van der Waals surface area contributed by atoms with Crippen molar-refractivity contribution in [2.45, 2.75) is 25.4 Å². The number of nitrogens with zero attached hydrogens (tertiary/aromatic N) is 5. The number of hydrogen-bond acceptors (Lipinski definition) is 8. The average Bonchev–Trinajstić information content (AvgIpc) is 2.99. The van der Waals surface area contributed by atoms with Gasteiger partial charge in [-0.2, -0.15) is 4.98 Å². The molecule has 2 aromatic carbocycles. The fraction of sp³-hybridized carbons (Fsp3) is 0.333. The van der Waals surface area contributed by atoms with Crippen molar-refractivity contribution in [3.05, 3.63) is 72.9 Å². The molecule has 3 aromatic rings. The van der Waals surface area contributed by atoms with Crippen LogP contribution in [0.1, 0.15) is 18.4 Å². The third-order valence-electron chi connectivity index (χ3n) is 7.33. The molecule has 0 saturated carbocycles. The quantitative estimate of drug-likeness (QED) is 0.220. The van der Waals surface area contributed by atoms with E-state index in [1.54, 1.807) is 42.4 Å². The van der Waals surface area contributed by atoms with Crippen LogP contribution in [0.25, 0.3) is 0 Å². The number of piperidine rings is 1. The molecular formula is C30H37N9O2. The zero-order valence-electron chi connectivity index (χ0n) is 23.6. The first-order valence-electron chi connectivity index (χ1n) is 13.9. The largest absolute Gasteiger partial charge is 0.371 e. The lowest BCUT2D eigenvalue weighted by Crippen LogP contribution is -2.44. The van der Waals surface area contributed by atoms with Crippen molar-refractivity contribution in [2.75, 3.05) is 60.7 Å². The number of carbonyl (C=O) groups excluding carboxylic acids is 2. The van der Waals surface area contributed by atoms with Crippen molar-refractivity contribution in [2.24, 2.45) is 0 Å². The molecule has 0 aliphatic carbocycles. The SMILES string of the molecule is C=CC(=O)Nc1cccc(N2C(=O)N(C)Cc3cnc(Nc4ccc(N5CCC(NCCNC)CC5)cc4)nc32)c1. The van der Waals surface area contributed by atoms with Gasteiger partial charge in [0.25, 0.3) is 0 Å². The fourth-order valence-electron chi connectivity index (χ4n) is 5.12. The molecule has 3 amide bonds. The molecule has 11 nitrogen and oxygen atoms in total. The zero-order chi connectivity index (χ0) is 28.8. The van der Waals surface area contributed by atoms with Crippen LogP contribution in [0.15, 0.2) is 67.4 Å². The highest BCUT2D eigenvalue weighted by Gasteiger charge is 2.31. The van der Waals surface area contributed by atoms with Crippen LogP contribution >= 0.6 is 0 Å². The smallest absolute Gasteiger partial charge is 0.330 e. The first-order valence-corrected chi connectivity index (χ1v) is 13.9. The highest BCUT2D eigenvalue weighted by atomic mass is 16.2. The molecule has 0 spiro atoms. The van der Waals surface area contributed by atoms with Gasteiger partial charge in [0, 0.05) is 68.1 Å². The van der Waals surface area contributed by atoms with Crippen LogP contribution in [0.5, 0.6) is 0 Å². The molecule has 2 aliphatic rings. The van der Waals surface area contributed by atoms with E-state index in [1.807, 2.05) is 19.2 Å². The number of carbonyl (C=O) groups is 2. The zero-order valence-corrected chi connectivity index (χ0v) is 23.6. The maximum Gasteiger partial charge on any atom is 0.330 e. The molecular weight excluding hydrogens is 518 g/mol. The fourth-order valence-corrected chi connectivity index (χ4v) is 5.12. The summed E-state index contributed by atoms with van der Waals surface area (Å²) in [5.41, 5.74) is 4.00. The van der Waals surface area contributed by atoms with Crippen molar-refractivity contribution in [1.82, 2.24) is 25.5 Å². The second-order valence-corrected chi connectivity index (χ2v) is 10.3. The normalized spacial score (nSPS) is 15.5. The molecule has 5 rings (SSSR count). The number of likely N-dealkylation sites (N-methyl/N-ethyl adjacent to an activating group) is 1. The molecule has 0 unspecified atom stereocenters. The van der Waals surface area contributed by atoms with Gasteiger partial charge in [0.2, 0.25) is 11.9 Å². The number of hydrogen-bond donors (Lipinski definition) is 4. The summed E-state index contributed by atoms with van der Waals surface area (Å²) >= 11 is 0.